The second-order valence-corrected chi connectivity index (χ2v) is 11.1. The van der Waals surface area contributed by atoms with Crippen LogP contribution in [0.15, 0.2) is 48.5 Å². The number of carbonyl (C=O) groups excluding carboxylic acids is 3. The number of benzene rings is 3. The number of ether oxygens (including phenoxy) is 6. The van der Waals surface area contributed by atoms with Crippen LogP contribution in [0.3, 0.4) is 0 Å². The van der Waals surface area contributed by atoms with Crippen LogP contribution < -0.4 is 39.6 Å². The highest BCUT2D eigenvalue weighted by atomic mass is 35.5. The van der Waals surface area contributed by atoms with Gasteiger partial charge in [-0.2, -0.15) is 0 Å². The molecule has 0 spiro atoms. The second-order valence-electron chi connectivity index (χ2n) is 10.7. The number of anilines is 1. The smallest absolute Gasteiger partial charge is 0.319 e. The van der Waals surface area contributed by atoms with Gasteiger partial charge >= 0.3 is 12.0 Å². The van der Waals surface area contributed by atoms with E-state index in [4.69, 9.17) is 40.0 Å². The van der Waals surface area contributed by atoms with Crippen LogP contribution in [0.1, 0.15) is 39.0 Å². The average molecular weight is 638 g/mol. The Labute approximate surface area is 264 Å². The molecule has 0 unspecified atom stereocenters. The number of esters is 1. The minimum Gasteiger partial charge on any atom is -0.493 e. The van der Waals surface area contributed by atoms with Crippen LogP contribution in [0, 0.1) is 11.8 Å². The van der Waals surface area contributed by atoms with Crippen molar-refractivity contribution in [2.45, 2.75) is 12.0 Å². The molecule has 2 aliphatic heterocycles. The zero-order valence-electron chi connectivity index (χ0n) is 24.8. The summed E-state index contributed by atoms with van der Waals surface area (Å²) >= 11 is 5.62. The van der Waals surface area contributed by atoms with Crippen LogP contribution in [-0.2, 0) is 9.53 Å². The number of cyclic esters (lactones) is 1. The van der Waals surface area contributed by atoms with Crippen molar-refractivity contribution in [1.82, 2.24) is 10.6 Å². The van der Waals surface area contributed by atoms with E-state index in [1.54, 1.807) is 24.3 Å². The Morgan fingerprint density at radius 2 is 1.58 bits per heavy atom. The van der Waals surface area contributed by atoms with Gasteiger partial charge in [0.05, 0.1) is 39.9 Å². The van der Waals surface area contributed by atoms with E-state index < -0.39 is 29.8 Å². The summed E-state index contributed by atoms with van der Waals surface area (Å²) < 4.78 is 33.9. The standard InChI is InChI=1S/C32H32ClN3O9/c1-40-24-10-17(11-25(41-2)29(24)42-3)26-19-12-22-23(45-15-44-22)13-20(19)28(21-14-43-31(38)27(21)26)36-30(37)16-4-6-18(7-5-16)35-32(39)34-9-8-33/h4-7,10-13,21,26-28H,8-9,14-15H2,1-3H3,(H,36,37)(H2,34,35,39)/t21-,26+,27-,28+/m0/s1. The molecule has 3 aromatic carbocycles. The van der Waals surface area contributed by atoms with Crippen LogP contribution in [0.2, 0.25) is 0 Å². The van der Waals surface area contributed by atoms with Crippen molar-refractivity contribution < 1.29 is 42.8 Å². The van der Waals surface area contributed by atoms with Gasteiger partial charge in [-0.1, -0.05) is 0 Å². The van der Waals surface area contributed by atoms with Crippen molar-refractivity contribution in [3.63, 3.8) is 0 Å². The molecule has 1 aliphatic carbocycles. The van der Waals surface area contributed by atoms with Crippen LogP contribution in [0.25, 0.3) is 0 Å². The fraction of sp³-hybridized carbons (Fsp3) is 0.344. The number of rotatable bonds is 9. The maximum absolute atomic E-state index is 13.6. The molecule has 4 atom stereocenters. The minimum absolute atomic E-state index is 0.0588. The molecular formula is C32H32ClN3O9. The quantitative estimate of drug-likeness (QED) is 0.232. The summed E-state index contributed by atoms with van der Waals surface area (Å²) in [6, 6.07) is 12.9. The molecule has 0 radical (unpaired) electrons. The van der Waals surface area contributed by atoms with E-state index in [0.717, 1.165) is 16.7 Å². The van der Waals surface area contributed by atoms with Crippen molar-refractivity contribution in [3.8, 4) is 28.7 Å². The number of hydrogen-bond acceptors (Lipinski definition) is 9. The number of fused-ring (bicyclic) bond motifs is 3. The van der Waals surface area contributed by atoms with Crippen molar-refractivity contribution in [3.05, 3.63) is 70.8 Å². The maximum Gasteiger partial charge on any atom is 0.319 e. The summed E-state index contributed by atoms with van der Waals surface area (Å²) in [5, 5.41) is 8.46. The van der Waals surface area contributed by atoms with Crippen LogP contribution >= 0.6 is 11.6 Å². The fourth-order valence-corrected chi connectivity index (χ4v) is 6.39. The molecule has 45 heavy (non-hydrogen) atoms. The Morgan fingerprint density at radius 3 is 2.20 bits per heavy atom. The van der Waals surface area contributed by atoms with E-state index in [1.165, 1.54) is 21.3 Å². The third-order valence-corrected chi connectivity index (χ3v) is 8.49. The molecule has 1 saturated heterocycles. The highest BCUT2D eigenvalue weighted by Gasteiger charge is 2.53. The van der Waals surface area contributed by atoms with E-state index >= 15 is 0 Å². The van der Waals surface area contributed by atoms with Gasteiger partial charge in [-0.3, -0.25) is 9.59 Å². The number of hydrogen-bond donors (Lipinski definition) is 3. The number of nitrogens with one attached hydrogen (secondary N) is 3. The molecule has 3 N–H and O–H groups in total. The van der Waals surface area contributed by atoms with Gasteiger partial charge in [-0.25, -0.2) is 4.79 Å². The lowest BCUT2D eigenvalue weighted by Crippen LogP contribution is -2.42. The van der Waals surface area contributed by atoms with Crippen LogP contribution in [-0.4, -0.2) is 65.1 Å². The van der Waals surface area contributed by atoms with Gasteiger partial charge in [-0.15, -0.1) is 11.6 Å². The first kappa shape index (κ1) is 30.2. The highest BCUT2D eigenvalue weighted by molar-refractivity contribution is 6.18. The first-order valence-electron chi connectivity index (χ1n) is 14.3. The molecule has 6 rings (SSSR count). The third-order valence-electron chi connectivity index (χ3n) is 8.30. The van der Waals surface area contributed by atoms with Gasteiger partial charge in [0.2, 0.25) is 12.5 Å². The van der Waals surface area contributed by atoms with Crippen molar-refractivity contribution in [2.75, 3.05) is 52.5 Å². The molecule has 3 aliphatic rings. The van der Waals surface area contributed by atoms with Crippen molar-refractivity contribution in [1.29, 1.82) is 0 Å². The van der Waals surface area contributed by atoms with E-state index in [2.05, 4.69) is 16.0 Å². The van der Waals surface area contributed by atoms with E-state index in [-0.39, 0.29) is 25.3 Å². The largest absolute Gasteiger partial charge is 0.493 e. The fourth-order valence-electron chi connectivity index (χ4n) is 6.29. The van der Waals surface area contributed by atoms with Crippen LogP contribution in [0.5, 0.6) is 28.7 Å². The van der Waals surface area contributed by atoms with Gasteiger partial charge < -0.3 is 44.4 Å². The predicted octanol–water partition coefficient (Wildman–Crippen LogP) is 4.21. The zero-order chi connectivity index (χ0) is 31.7. The molecule has 0 saturated carbocycles. The molecule has 2 heterocycles. The second kappa shape index (κ2) is 12.6. The Morgan fingerprint density at radius 1 is 0.911 bits per heavy atom. The molecule has 13 heteroatoms. The molecule has 3 aromatic rings. The Kier molecular flexibility index (Phi) is 8.48. The monoisotopic (exact) mass is 637 g/mol. The number of alkyl halides is 1. The Balaban J connectivity index is 1.37. The Bertz CT molecular complexity index is 1610. The lowest BCUT2D eigenvalue weighted by atomic mass is 9.65. The lowest BCUT2D eigenvalue weighted by molar-refractivity contribution is -0.141. The molecule has 12 nitrogen and oxygen atoms in total. The summed E-state index contributed by atoms with van der Waals surface area (Å²) in [4.78, 5) is 39.0. The van der Waals surface area contributed by atoms with E-state index in [9.17, 15) is 14.4 Å². The Hall–Kier alpha value is -4.84. The van der Waals surface area contributed by atoms with Crippen molar-refractivity contribution in [2.24, 2.45) is 11.8 Å². The number of carbonyl (C=O) groups is 3. The molecule has 1 fully saturated rings. The zero-order valence-corrected chi connectivity index (χ0v) is 25.6. The molecule has 0 bridgehead atoms. The number of halogens is 1. The van der Waals surface area contributed by atoms with Crippen LogP contribution in [0.4, 0.5) is 10.5 Å². The lowest BCUT2D eigenvalue weighted by Gasteiger charge is -2.39. The number of methoxy groups -OCH3 is 3. The summed E-state index contributed by atoms with van der Waals surface area (Å²) in [6.07, 6.45) is 0. The minimum atomic E-state index is -0.635. The van der Waals surface area contributed by atoms with Crippen molar-refractivity contribution >= 4 is 35.2 Å². The van der Waals surface area contributed by atoms with Gasteiger partial charge in [0.25, 0.3) is 5.91 Å². The first-order chi connectivity index (χ1) is 21.9. The topological polar surface area (TPSA) is 143 Å². The first-order valence-corrected chi connectivity index (χ1v) is 14.8. The molecule has 236 valence electrons. The normalized spacial score (nSPS) is 20.8. The van der Waals surface area contributed by atoms with Gasteiger partial charge in [-0.05, 0) is 65.2 Å². The summed E-state index contributed by atoms with van der Waals surface area (Å²) in [6.45, 7) is 0.499. The van der Waals surface area contributed by atoms with E-state index in [1.807, 2.05) is 24.3 Å². The number of urea groups is 1. The SMILES string of the molecule is COc1cc([C@@H]2c3cc4c(cc3[C@@H](NC(=O)c3ccc(NC(=O)NCCCl)cc3)[C@H]3COC(=O)[C@H]23)OCO4)cc(OC)c1OC. The summed E-state index contributed by atoms with van der Waals surface area (Å²) in [7, 11) is 4.59. The number of amides is 3. The highest BCUT2D eigenvalue weighted by Crippen LogP contribution is 2.55. The summed E-state index contributed by atoms with van der Waals surface area (Å²) in [5.41, 5.74) is 3.19. The van der Waals surface area contributed by atoms with Gasteiger partial charge in [0.1, 0.15) is 0 Å². The average Bonchev–Trinajstić information content (AvgIpc) is 3.68. The predicted molar refractivity (Wildman–Crippen MR) is 163 cm³/mol. The van der Waals surface area contributed by atoms with E-state index in [0.29, 0.717) is 52.4 Å². The maximum atomic E-state index is 13.6. The van der Waals surface area contributed by atoms with Gasteiger partial charge in [0, 0.05) is 35.5 Å². The molecular weight excluding hydrogens is 606 g/mol. The van der Waals surface area contributed by atoms with Gasteiger partial charge in [0.15, 0.2) is 23.0 Å². The summed E-state index contributed by atoms with van der Waals surface area (Å²) in [5.74, 6) is 0.459. The third kappa shape index (κ3) is 5.61. The molecule has 3 amide bonds. The molecule has 0 aromatic heterocycles.